The molecule has 38 atom stereocenters. The number of aliphatic hydroxyl groups excluding tert-OH is 22. The minimum Gasteiger partial charge on any atom is -0.477 e. The van der Waals surface area contributed by atoms with E-state index in [0.717, 1.165) is 27.7 Å². The van der Waals surface area contributed by atoms with Crippen molar-refractivity contribution in [1.82, 2.24) is 21.3 Å². The molecular formula is C59H96N4O45. The molecule has 4 amide bonds. The van der Waals surface area contributed by atoms with Crippen molar-refractivity contribution >= 4 is 41.5 Å². The number of carbonyl (C=O) groups is 7. The molecule has 622 valence electrons. The molecule has 108 heavy (non-hydrogen) atoms. The lowest BCUT2D eigenvalue weighted by atomic mass is 9.87. The maximum atomic E-state index is 13.8. The molecule has 7 aliphatic heterocycles. The molecule has 0 saturated carbocycles. The second-order valence-corrected chi connectivity index (χ2v) is 26.8. The first-order valence-electron chi connectivity index (χ1n) is 33.5. The minimum atomic E-state index is -3.61. The highest BCUT2D eigenvalue weighted by molar-refractivity contribution is 5.78. The van der Waals surface area contributed by atoms with Crippen molar-refractivity contribution in [3.8, 4) is 0 Å². The molecule has 0 aromatic carbocycles. The van der Waals surface area contributed by atoms with Crippen molar-refractivity contribution in [2.24, 2.45) is 0 Å². The van der Waals surface area contributed by atoms with E-state index in [1.807, 2.05) is 0 Å². The molecule has 49 nitrogen and oxygen atoms in total. The minimum absolute atomic E-state index is 0.814. The Labute approximate surface area is 609 Å². The Morgan fingerprint density at radius 3 is 1.13 bits per heavy atom. The predicted octanol–water partition coefficient (Wildman–Crippen LogP) is -18.1. The Morgan fingerprint density at radius 1 is 0.380 bits per heavy atom. The maximum absolute atomic E-state index is 13.8. The lowest BCUT2D eigenvalue weighted by Crippen LogP contribution is -2.73. The highest BCUT2D eigenvalue weighted by atomic mass is 16.8. The molecule has 7 aliphatic rings. The molecule has 7 heterocycles. The number of carbonyl (C=O) groups excluding carboxylic acids is 4. The molecular weight excluding hydrogens is 1480 g/mol. The molecule has 7 saturated heterocycles. The Hall–Kier alpha value is -5.11. The van der Waals surface area contributed by atoms with Crippen LogP contribution in [0.15, 0.2) is 0 Å². The molecule has 0 aromatic rings. The number of nitrogens with one attached hydrogen (secondary N) is 4. The fourth-order valence-electron chi connectivity index (χ4n) is 13.7. The van der Waals surface area contributed by atoms with Gasteiger partial charge in [-0.25, -0.2) is 14.4 Å². The first-order valence-corrected chi connectivity index (χ1v) is 33.5. The fraction of sp³-hybridized carbons (Fsp3) is 0.881. The van der Waals surface area contributed by atoms with Crippen molar-refractivity contribution < 1.29 is 223 Å². The topological polar surface area (TPSA) is 793 Å². The van der Waals surface area contributed by atoms with Crippen LogP contribution in [0.5, 0.6) is 0 Å². The number of amides is 4. The van der Waals surface area contributed by atoms with Crippen LogP contribution in [0, 0.1) is 0 Å². The summed E-state index contributed by atoms with van der Waals surface area (Å²) in [5.41, 5.74) is 0. The number of carboxylic acids is 3. The van der Waals surface area contributed by atoms with E-state index < -0.39 is 339 Å². The van der Waals surface area contributed by atoms with Crippen LogP contribution in [0.1, 0.15) is 47.0 Å². The molecule has 0 unspecified atom stereocenters. The third kappa shape index (κ3) is 19.4. The zero-order chi connectivity index (χ0) is 80.8. The SMILES string of the molecule is CC(=O)N[C@H]1[C@H](O[C@@H]2[C@H](O[C@]3(C(=O)O)C[C@H](O)[C@@H](NC(C)=O)[C@H]([C@H](O)[C@H](O)CO)O3)[C@@H](O)[C@H](O[C@H]3[C@H](O)[C@@H](O)[C@@H](O)O[C@@H]3CO)O[C@@H]2CO)O[C@H](CO)[C@H](O)[C@@H]1O[C@@H]1O[C@H](CO)[C@H](O)[C@H](O[C@]2(C(=O)O)C[C@H](O)[C@@H](NC(C)=O)[C@H]([C@H](O)[C@@H](CO)O[C@]3(C(=O)O)C[C@H](O)[C@@H](NC(C)=O)[C@H]([C@H](O)[C@H](O)CO)O3)O2)[C@H]1O. The summed E-state index contributed by atoms with van der Waals surface area (Å²) in [5, 5.41) is 285. The fourth-order valence-corrected chi connectivity index (χ4v) is 13.7. The van der Waals surface area contributed by atoms with Gasteiger partial charge in [0.25, 0.3) is 17.4 Å². The molecule has 0 radical (unpaired) electrons. The lowest BCUT2D eigenvalue weighted by Gasteiger charge is -2.53. The molecule has 0 bridgehead atoms. The lowest BCUT2D eigenvalue weighted by molar-refractivity contribution is -0.404. The van der Waals surface area contributed by atoms with E-state index in [-0.39, 0.29) is 0 Å². The Bertz CT molecular complexity index is 3010. The monoisotopic (exact) mass is 1580 g/mol. The summed E-state index contributed by atoms with van der Waals surface area (Å²) in [5.74, 6) is -21.4. The smallest absolute Gasteiger partial charge is 0.364 e. The number of hydrogen-bond donors (Lipinski definition) is 29. The van der Waals surface area contributed by atoms with Gasteiger partial charge in [0.1, 0.15) is 153 Å². The number of aliphatic hydroxyl groups is 22. The molecule has 0 aliphatic carbocycles. The van der Waals surface area contributed by atoms with Crippen LogP contribution < -0.4 is 21.3 Å². The summed E-state index contributed by atoms with van der Waals surface area (Å²) in [4.78, 5) is 91.4. The summed E-state index contributed by atoms with van der Waals surface area (Å²) in [6.45, 7) is -5.80. The van der Waals surface area contributed by atoms with Gasteiger partial charge in [0.05, 0.1) is 82.7 Å². The molecule has 0 aromatic heterocycles. The van der Waals surface area contributed by atoms with E-state index in [2.05, 4.69) is 21.3 Å². The van der Waals surface area contributed by atoms with Gasteiger partial charge in [-0.3, -0.25) is 19.2 Å². The summed E-state index contributed by atoms with van der Waals surface area (Å²) in [6.07, 6.45) is -77.3. The predicted molar refractivity (Wildman–Crippen MR) is 330 cm³/mol. The molecule has 49 heteroatoms. The van der Waals surface area contributed by atoms with Gasteiger partial charge in [0.2, 0.25) is 23.6 Å². The van der Waals surface area contributed by atoms with Crippen LogP contribution in [0.4, 0.5) is 0 Å². The van der Waals surface area contributed by atoms with Crippen LogP contribution >= 0.6 is 0 Å². The van der Waals surface area contributed by atoms with Gasteiger partial charge in [-0.1, -0.05) is 0 Å². The molecule has 7 rings (SSSR count). The Balaban J connectivity index is 1.26. The zero-order valence-electron chi connectivity index (χ0n) is 57.6. The second-order valence-electron chi connectivity index (χ2n) is 26.8. The van der Waals surface area contributed by atoms with Crippen LogP contribution in [0.3, 0.4) is 0 Å². The van der Waals surface area contributed by atoms with E-state index in [4.69, 9.17) is 61.6 Å². The number of aliphatic carboxylic acids is 3. The quantitative estimate of drug-likeness (QED) is 0.0297. The van der Waals surface area contributed by atoms with Gasteiger partial charge in [-0.05, 0) is 0 Å². The van der Waals surface area contributed by atoms with Crippen molar-refractivity contribution in [2.45, 2.75) is 278 Å². The van der Waals surface area contributed by atoms with Gasteiger partial charge >= 0.3 is 17.9 Å². The summed E-state index contributed by atoms with van der Waals surface area (Å²) >= 11 is 0. The average molecular weight is 1580 g/mol. The first kappa shape index (κ1) is 90.1. The van der Waals surface area contributed by atoms with E-state index >= 15 is 0 Å². The third-order valence-corrected chi connectivity index (χ3v) is 19.1. The second kappa shape index (κ2) is 37.7. The van der Waals surface area contributed by atoms with Crippen LogP contribution in [-0.4, -0.2) is 447 Å². The number of ether oxygens (including phenoxy) is 13. The molecule has 0 spiro atoms. The van der Waals surface area contributed by atoms with Crippen LogP contribution in [0.25, 0.3) is 0 Å². The normalized spacial score (nSPS) is 43.4. The number of hydrogen-bond acceptors (Lipinski definition) is 42. The van der Waals surface area contributed by atoms with Crippen LogP contribution in [0.2, 0.25) is 0 Å². The highest BCUT2D eigenvalue weighted by Gasteiger charge is 2.66. The van der Waals surface area contributed by atoms with Crippen molar-refractivity contribution in [3.05, 3.63) is 0 Å². The largest absolute Gasteiger partial charge is 0.477 e. The molecule has 7 fully saturated rings. The van der Waals surface area contributed by atoms with Gasteiger partial charge < -0.3 is 211 Å². The zero-order valence-corrected chi connectivity index (χ0v) is 57.6. The number of rotatable bonds is 32. The van der Waals surface area contributed by atoms with Gasteiger partial charge in [0.15, 0.2) is 25.2 Å². The van der Waals surface area contributed by atoms with Crippen LogP contribution in [-0.2, 0) is 95.1 Å². The average Bonchev–Trinajstić information content (AvgIpc) is 0.747. The van der Waals surface area contributed by atoms with Gasteiger partial charge in [0, 0.05) is 47.0 Å². The van der Waals surface area contributed by atoms with Crippen molar-refractivity contribution in [2.75, 3.05) is 46.2 Å². The highest BCUT2D eigenvalue weighted by Crippen LogP contribution is 2.44. The van der Waals surface area contributed by atoms with Gasteiger partial charge in [-0.15, -0.1) is 0 Å². The van der Waals surface area contributed by atoms with E-state index in [1.54, 1.807) is 0 Å². The summed E-state index contributed by atoms with van der Waals surface area (Å²) < 4.78 is 75.6. The maximum Gasteiger partial charge on any atom is 0.364 e. The summed E-state index contributed by atoms with van der Waals surface area (Å²) in [7, 11) is 0. The Morgan fingerprint density at radius 2 is 0.722 bits per heavy atom. The van der Waals surface area contributed by atoms with E-state index in [1.165, 1.54) is 0 Å². The standard InChI is InChI=1S/C59H96N4O45/c1-15(71)60-29-19(75)5-57(54(90)91,104-45(29)33(80)22(78)8-64)103-26(12-68)37(84)47-31(62-17(3)73)21(77)6-58(106-47,55(92)93)107-48-36(83)25(11-67)98-52(40(48)87)102-44-32(63-18(4)74)51(97-24(10-66)35(44)82)101-43-28(14-70)99-53(100-42-27(13-69)96-50(89)39(86)38(42)85)41(88)49(43)108-59(56(94)95)7-20(76)30(61-16(2)72)46(105-59)34(81)23(79)9-65/h19-53,64-70,75-89H,5-14H2,1-4H3,(H,60,71)(H,61,72)(H,62,73)(H,63,74)(H,90,91)(H,92,93)(H,94,95)/t19-,20-,21-,22+,23+,24+,25+,26+,27+,28+,29+,30+,31+,32+,33+,34+,35-,36-,37+,38+,39+,40+,41+,42+,43-,44+,45+,46+,47+,48-,49+,50-,51-,52-,53-,57+,58-,59-/m0/s1. The summed E-state index contributed by atoms with van der Waals surface area (Å²) in [6, 6.07) is -7.96. The number of carboxylic acid groups (broad SMARTS) is 3. The van der Waals surface area contributed by atoms with Crippen molar-refractivity contribution in [3.63, 3.8) is 0 Å². The molecule has 29 N–H and O–H groups in total. The van der Waals surface area contributed by atoms with Gasteiger partial charge in [-0.2, -0.15) is 0 Å². The van der Waals surface area contributed by atoms with E-state index in [0.29, 0.717) is 0 Å². The van der Waals surface area contributed by atoms with E-state index in [9.17, 15) is 161 Å². The first-order chi connectivity index (χ1) is 50.6. The van der Waals surface area contributed by atoms with Crippen molar-refractivity contribution in [1.29, 1.82) is 0 Å². The Kier molecular flexibility index (Phi) is 31.4. The third-order valence-electron chi connectivity index (χ3n) is 19.1.